The molecular formula is C16H18FO3Si. The van der Waals surface area contributed by atoms with Crippen LogP contribution in [0.4, 0.5) is 4.39 Å². The average molecular weight is 305 g/mol. The molecule has 0 aromatic heterocycles. The molecule has 0 aliphatic carbocycles. The van der Waals surface area contributed by atoms with Crippen LogP contribution in [-0.4, -0.2) is 30.4 Å². The lowest BCUT2D eigenvalue weighted by Gasteiger charge is -2.09. The molecule has 0 N–H and O–H groups in total. The molecule has 0 spiro atoms. The Kier molecular flexibility index (Phi) is 6.07. The lowest BCUT2D eigenvalue weighted by atomic mass is 10.0. The molecule has 0 amide bonds. The molecule has 21 heavy (non-hydrogen) atoms. The standard InChI is InChI=1S/C16H18FO3Si/c1-18-21(19-2)20-11-10-13-6-8-14(9-7-13)15-4-3-5-16(17)12-15/h3-9,12H,10-11H2,1-2H3. The first kappa shape index (κ1) is 15.8. The van der Waals surface area contributed by atoms with Crippen LogP contribution in [0.25, 0.3) is 11.1 Å². The normalized spacial score (nSPS) is 11.0. The van der Waals surface area contributed by atoms with Gasteiger partial charge in [-0.2, -0.15) is 0 Å². The van der Waals surface area contributed by atoms with E-state index in [4.69, 9.17) is 13.3 Å². The van der Waals surface area contributed by atoms with E-state index < -0.39 is 9.53 Å². The Morgan fingerprint density at radius 1 is 0.952 bits per heavy atom. The second-order valence-corrected chi connectivity index (χ2v) is 6.07. The van der Waals surface area contributed by atoms with E-state index >= 15 is 0 Å². The van der Waals surface area contributed by atoms with Gasteiger partial charge in [-0.1, -0.05) is 36.4 Å². The fraction of sp³-hybridized carbons (Fsp3) is 0.250. The number of halogens is 1. The van der Waals surface area contributed by atoms with Crippen molar-refractivity contribution < 1.29 is 17.7 Å². The molecule has 3 nitrogen and oxygen atoms in total. The largest absolute Gasteiger partial charge is 0.577 e. The van der Waals surface area contributed by atoms with Gasteiger partial charge in [-0.25, -0.2) is 4.39 Å². The highest BCUT2D eigenvalue weighted by atomic mass is 28.3. The third kappa shape index (κ3) is 4.75. The van der Waals surface area contributed by atoms with E-state index in [-0.39, 0.29) is 5.82 Å². The molecule has 0 atom stereocenters. The first-order valence-corrected chi connectivity index (χ1v) is 7.88. The quantitative estimate of drug-likeness (QED) is 0.734. The number of benzene rings is 2. The zero-order valence-corrected chi connectivity index (χ0v) is 13.1. The summed E-state index contributed by atoms with van der Waals surface area (Å²) >= 11 is 0. The van der Waals surface area contributed by atoms with Crippen LogP contribution in [0.2, 0.25) is 0 Å². The summed E-state index contributed by atoms with van der Waals surface area (Å²) < 4.78 is 28.8. The zero-order chi connectivity index (χ0) is 15.1. The van der Waals surface area contributed by atoms with E-state index in [2.05, 4.69) is 0 Å². The van der Waals surface area contributed by atoms with Gasteiger partial charge >= 0.3 is 9.53 Å². The van der Waals surface area contributed by atoms with Gasteiger partial charge in [0.2, 0.25) is 0 Å². The summed E-state index contributed by atoms with van der Waals surface area (Å²) in [5.41, 5.74) is 3.03. The summed E-state index contributed by atoms with van der Waals surface area (Å²) in [7, 11) is 1.56. The third-order valence-corrected chi connectivity index (χ3v) is 4.16. The molecule has 2 aromatic rings. The zero-order valence-electron chi connectivity index (χ0n) is 12.1. The summed E-state index contributed by atoms with van der Waals surface area (Å²) in [6.45, 7) is 0.551. The van der Waals surface area contributed by atoms with Gasteiger partial charge in [0.1, 0.15) is 5.82 Å². The van der Waals surface area contributed by atoms with Crippen molar-refractivity contribution in [2.24, 2.45) is 0 Å². The SMILES string of the molecule is CO[Si](OC)OCCc1ccc(-c2cccc(F)c2)cc1. The number of hydrogen-bond acceptors (Lipinski definition) is 3. The smallest absolute Gasteiger partial charge is 0.375 e. The van der Waals surface area contributed by atoms with E-state index in [1.54, 1.807) is 20.3 Å². The molecule has 2 rings (SSSR count). The molecule has 0 unspecified atom stereocenters. The van der Waals surface area contributed by atoms with Crippen molar-refractivity contribution >= 4 is 9.53 Å². The van der Waals surface area contributed by atoms with Crippen LogP contribution in [0.15, 0.2) is 48.5 Å². The maximum Gasteiger partial charge on any atom is 0.577 e. The Labute approximate surface area is 126 Å². The minimum Gasteiger partial charge on any atom is -0.375 e. The Hall–Kier alpha value is -1.53. The van der Waals surface area contributed by atoms with E-state index in [0.29, 0.717) is 6.61 Å². The minimum atomic E-state index is -1.59. The van der Waals surface area contributed by atoms with Crippen molar-refractivity contribution in [1.82, 2.24) is 0 Å². The van der Waals surface area contributed by atoms with Gasteiger partial charge in [0, 0.05) is 20.8 Å². The Balaban J connectivity index is 1.93. The van der Waals surface area contributed by atoms with Crippen molar-refractivity contribution in [3.63, 3.8) is 0 Å². The maximum absolute atomic E-state index is 13.2. The van der Waals surface area contributed by atoms with Crippen molar-refractivity contribution in [3.8, 4) is 11.1 Å². The van der Waals surface area contributed by atoms with E-state index in [1.807, 2.05) is 30.3 Å². The van der Waals surface area contributed by atoms with Crippen molar-refractivity contribution in [3.05, 3.63) is 59.9 Å². The maximum atomic E-state index is 13.2. The lowest BCUT2D eigenvalue weighted by Crippen LogP contribution is -2.24. The van der Waals surface area contributed by atoms with Gasteiger partial charge in [0.15, 0.2) is 0 Å². The molecule has 1 radical (unpaired) electrons. The van der Waals surface area contributed by atoms with Gasteiger partial charge in [-0.05, 0) is 35.2 Å². The van der Waals surface area contributed by atoms with E-state index in [9.17, 15) is 4.39 Å². The summed E-state index contributed by atoms with van der Waals surface area (Å²) in [6.07, 6.45) is 0.782. The third-order valence-electron chi connectivity index (χ3n) is 3.06. The fourth-order valence-corrected chi connectivity index (χ4v) is 2.66. The predicted molar refractivity (Wildman–Crippen MR) is 81.3 cm³/mol. The summed E-state index contributed by atoms with van der Waals surface area (Å²) in [5, 5.41) is 0. The van der Waals surface area contributed by atoms with Crippen molar-refractivity contribution in [2.75, 3.05) is 20.8 Å². The van der Waals surface area contributed by atoms with Gasteiger partial charge in [0.25, 0.3) is 0 Å². The van der Waals surface area contributed by atoms with Gasteiger partial charge in [0.05, 0.1) is 0 Å². The van der Waals surface area contributed by atoms with Gasteiger partial charge in [-0.15, -0.1) is 0 Å². The molecule has 0 heterocycles. The number of hydrogen-bond donors (Lipinski definition) is 0. The molecule has 0 saturated heterocycles. The summed E-state index contributed by atoms with van der Waals surface area (Å²) in [6, 6.07) is 14.6. The fourth-order valence-electron chi connectivity index (χ4n) is 1.99. The molecule has 0 bridgehead atoms. The topological polar surface area (TPSA) is 27.7 Å². The Bertz CT molecular complexity index is 556. The highest BCUT2D eigenvalue weighted by Crippen LogP contribution is 2.20. The van der Waals surface area contributed by atoms with Crippen LogP contribution >= 0.6 is 0 Å². The van der Waals surface area contributed by atoms with Crippen LogP contribution in [-0.2, 0) is 19.7 Å². The molecule has 0 saturated carbocycles. The summed E-state index contributed by atoms with van der Waals surface area (Å²) in [5.74, 6) is -0.223. The van der Waals surface area contributed by atoms with Crippen molar-refractivity contribution in [2.45, 2.75) is 6.42 Å². The lowest BCUT2D eigenvalue weighted by molar-refractivity contribution is 0.137. The van der Waals surface area contributed by atoms with E-state index in [0.717, 1.165) is 23.1 Å². The highest BCUT2D eigenvalue weighted by molar-refractivity contribution is 6.36. The first-order chi connectivity index (χ1) is 10.2. The molecule has 0 aliphatic heterocycles. The first-order valence-electron chi connectivity index (χ1n) is 6.65. The average Bonchev–Trinajstić information content (AvgIpc) is 2.52. The van der Waals surface area contributed by atoms with Crippen LogP contribution in [0.1, 0.15) is 5.56 Å². The Morgan fingerprint density at radius 3 is 2.29 bits per heavy atom. The highest BCUT2D eigenvalue weighted by Gasteiger charge is 2.14. The summed E-state index contributed by atoms with van der Waals surface area (Å²) in [4.78, 5) is 0. The van der Waals surface area contributed by atoms with Crippen LogP contribution < -0.4 is 0 Å². The molecule has 0 fully saturated rings. The van der Waals surface area contributed by atoms with Crippen LogP contribution in [0.5, 0.6) is 0 Å². The molecule has 2 aromatic carbocycles. The van der Waals surface area contributed by atoms with E-state index in [1.165, 1.54) is 12.1 Å². The predicted octanol–water partition coefficient (Wildman–Crippen LogP) is 3.33. The van der Waals surface area contributed by atoms with Gasteiger partial charge < -0.3 is 13.3 Å². The number of rotatable bonds is 7. The molecular weight excluding hydrogens is 287 g/mol. The van der Waals surface area contributed by atoms with Crippen molar-refractivity contribution in [1.29, 1.82) is 0 Å². The second kappa shape index (κ2) is 8.04. The Morgan fingerprint density at radius 2 is 1.67 bits per heavy atom. The monoisotopic (exact) mass is 305 g/mol. The minimum absolute atomic E-state index is 0.223. The molecule has 5 heteroatoms. The van der Waals surface area contributed by atoms with Gasteiger partial charge in [-0.3, -0.25) is 0 Å². The second-order valence-electron chi connectivity index (χ2n) is 4.46. The molecule has 0 aliphatic rings. The van der Waals surface area contributed by atoms with Crippen LogP contribution in [0.3, 0.4) is 0 Å². The van der Waals surface area contributed by atoms with Crippen LogP contribution in [0, 0.1) is 5.82 Å². The molecule has 111 valence electrons.